The van der Waals surface area contributed by atoms with Crippen LogP contribution in [-0.4, -0.2) is 33.5 Å². The van der Waals surface area contributed by atoms with Crippen LogP contribution in [0.3, 0.4) is 0 Å². The van der Waals surface area contributed by atoms with Gasteiger partial charge in [0.25, 0.3) is 0 Å². The lowest BCUT2D eigenvalue weighted by Crippen LogP contribution is -2.16. The Bertz CT molecular complexity index is 145. The third kappa shape index (κ3) is 6.75. The first kappa shape index (κ1) is 11.4. The normalized spacial score (nSPS) is 14.9. The maximum absolute atomic E-state index is 10.2. The van der Waals surface area contributed by atoms with Crippen molar-refractivity contribution in [3.8, 4) is 0 Å². The molecule has 0 heterocycles. The van der Waals surface area contributed by atoms with Crippen molar-refractivity contribution < 1.29 is 24.0 Å². The van der Waals surface area contributed by atoms with E-state index in [2.05, 4.69) is 4.52 Å². The highest BCUT2D eigenvalue weighted by Crippen LogP contribution is 2.38. The molecule has 0 aromatic rings. The van der Waals surface area contributed by atoms with E-state index in [0.29, 0.717) is 0 Å². The zero-order chi connectivity index (χ0) is 8.91. The van der Waals surface area contributed by atoms with Crippen LogP contribution in [0, 0.1) is 0 Å². The van der Waals surface area contributed by atoms with Crippen molar-refractivity contribution in [3.63, 3.8) is 0 Å². The zero-order valence-corrected chi connectivity index (χ0v) is 7.33. The van der Waals surface area contributed by atoms with Crippen LogP contribution in [0.1, 0.15) is 6.42 Å². The number of hydrogen-bond donors (Lipinski definition) is 3. The largest absolute Gasteiger partial charge is 0.469 e. The maximum atomic E-state index is 10.2. The molecule has 0 spiro atoms. The lowest BCUT2D eigenvalue weighted by Gasteiger charge is -2.13. The molecule has 0 aliphatic heterocycles. The number of halogens is 1. The molecule has 0 radical (unpaired) electrons. The predicted octanol–water partition coefficient (Wildman–Crippen LogP) is 0.0855. The lowest BCUT2D eigenvalue weighted by atomic mass is 10.3. The molecule has 0 aromatic carbocycles. The molecule has 0 saturated heterocycles. The van der Waals surface area contributed by atoms with Crippen LogP contribution in [0.25, 0.3) is 0 Å². The third-order valence-electron chi connectivity index (χ3n) is 0.921. The Balaban J connectivity index is 3.78. The average molecular weight is 205 g/mol. The second-order valence-corrected chi connectivity index (χ2v) is 3.45. The molecule has 0 amide bonds. The minimum atomic E-state index is -4.49. The van der Waals surface area contributed by atoms with Gasteiger partial charge in [0.2, 0.25) is 0 Å². The minimum absolute atomic E-state index is 0.186. The topological polar surface area (TPSA) is 87.0 Å². The summed E-state index contributed by atoms with van der Waals surface area (Å²) in [6.45, 7) is -0.447. The first-order chi connectivity index (χ1) is 4.99. The summed E-state index contributed by atoms with van der Waals surface area (Å²) in [5.41, 5.74) is 0. The predicted molar refractivity (Wildman–Crippen MR) is 39.3 cm³/mol. The van der Waals surface area contributed by atoms with E-state index in [4.69, 9.17) is 26.5 Å². The molecule has 0 aromatic heterocycles. The highest BCUT2D eigenvalue weighted by Gasteiger charge is 2.20. The molecule has 1 unspecified atom stereocenters. The molecular weight excluding hydrogens is 194 g/mol. The van der Waals surface area contributed by atoms with Crippen molar-refractivity contribution in [1.29, 1.82) is 0 Å². The molecule has 68 valence electrons. The van der Waals surface area contributed by atoms with E-state index < -0.39 is 20.5 Å². The zero-order valence-electron chi connectivity index (χ0n) is 5.68. The van der Waals surface area contributed by atoms with Gasteiger partial charge in [-0.05, 0) is 6.42 Å². The average Bonchev–Trinajstić information content (AvgIpc) is 1.84. The summed E-state index contributed by atoms with van der Waals surface area (Å²) in [5.74, 6) is 0.186. The summed E-state index contributed by atoms with van der Waals surface area (Å²) in [6.07, 6.45) is -0.670. The van der Waals surface area contributed by atoms with Gasteiger partial charge in [-0.1, -0.05) is 0 Å². The van der Waals surface area contributed by atoms with E-state index in [1.807, 2.05) is 0 Å². The van der Waals surface area contributed by atoms with Gasteiger partial charge in [-0.15, -0.1) is 11.6 Å². The molecule has 3 N–H and O–H groups in total. The number of phosphoric acid groups is 1. The number of rotatable bonds is 5. The van der Waals surface area contributed by atoms with Crippen molar-refractivity contribution in [3.05, 3.63) is 0 Å². The lowest BCUT2D eigenvalue weighted by molar-refractivity contribution is 0.0785. The minimum Gasteiger partial charge on any atom is -0.394 e. The van der Waals surface area contributed by atoms with Gasteiger partial charge in [0.05, 0.1) is 12.7 Å². The standard InChI is InChI=1S/C4H10ClO5P/c5-2-1-4(3-6)10-11(7,8)9/h4,6H,1-3H2,(H2,7,8,9). The molecule has 0 bridgehead atoms. The molecule has 0 rings (SSSR count). The van der Waals surface area contributed by atoms with E-state index >= 15 is 0 Å². The van der Waals surface area contributed by atoms with Crippen molar-refractivity contribution in [2.24, 2.45) is 0 Å². The third-order valence-corrected chi connectivity index (χ3v) is 1.71. The number of hydrogen-bond acceptors (Lipinski definition) is 3. The van der Waals surface area contributed by atoms with E-state index in [1.54, 1.807) is 0 Å². The molecule has 0 saturated carbocycles. The summed E-state index contributed by atoms with van der Waals surface area (Å²) in [7, 11) is -4.49. The van der Waals surface area contributed by atoms with Crippen molar-refractivity contribution in [1.82, 2.24) is 0 Å². The second-order valence-electron chi connectivity index (χ2n) is 1.88. The van der Waals surface area contributed by atoms with Crippen molar-refractivity contribution >= 4 is 19.4 Å². The van der Waals surface area contributed by atoms with Gasteiger partial charge in [0.15, 0.2) is 0 Å². The van der Waals surface area contributed by atoms with Crippen LogP contribution in [0.4, 0.5) is 0 Å². The summed E-state index contributed by atoms with van der Waals surface area (Å²) in [6, 6.07) is 0. The Kier molecular flexibility index (Phi) is 5.25. The van der Waals surface area contributed by atoms with Gasteiger partial charge >= 0.3 is 7.82 Å². The van der Waals surface area contributed by atoms with Gasteiger partial charge in [0.1, 0.15) is 0 Å². The highest BCUT2D eigenvalue weighted by molar-refractivity contribution is 7.46. The number of alkyl halides is 1. The van der Waals surface area contributed by atoms with Crippen LogP contribution < -0.4 is 0 Å². The monoisotopic (exact) mass is 204 g/mol. The van der Waals surface area contributed by atoms with E-state index in [1.165, 1.54) is 0 Å². The molecule has 0 aliphatic carbocycles. The molecule has 11 heavy (non-hydrogen) atoms. The van der Waals surface area contributed by atoms with Gasteiger partial charge in [-0.3, -0.25) is 4.52 Å². The Labute approximate surface area is 69.2 Å². The van der Waals surface area contributed by atoms with Crippen molar-refractivity contribution in [2.75, 3.05) is 12.5 Å². The Morgan fingerprint density at radius 2 is 2.09 bits per heavy atom. The van der Waals surface area contributed by atoms with Gasteiger partial charge in [0, 0.05) is 5.88 Å². The van der Waals surface area contributed by atoms with Gasteiger partial charge in [-0.25, -0.2) is 4.57 Å². The molecular formula is C4H10ClO5P. The van der Waals surface area contributed by atoms with E-state index in [9.17, 15) is 4.57 Å². The smallest absolute Gasteiger partial charge is 0.394 e. The quantitative estimate of drug-likeness (QED) is 0.436. The fourth-order valence-electron chi connectivity index (χ4n) is 0.493. The van der Waals surface area contributed by atoms with Crippen LogP contribution in [0.15, 0.2) is 0 Å². The summed E-state index contributed by atoms with van der Waals surface area (Å²) in [4.78, 5) is 16.6. The Morgan fingerprint density at radius 3 is 2.36 bits per heavy atom. The molecule has 0 aliphatic rings. The SMILES string of the molecule is O=P(O)(O)OC(CO)CCCl. The Morgan fingerprint density at radius 1 is 1.55 bits per heavy atom. The first-order valence-electron chi connectivity index (χ1n) is 2.90. The molecule has 5 nitrogen and oxygen atoms in total. The summed E-state index contributed by atoms with van der Waals surface area (Å²) >= 11 is 5.26. The molecule has 1 atom stereocenters. The van der Waals surface area contributed by atoms with Crippen LogP contribution in [-0.2, 0) is 9.09 Å². The van der Waals surface area contributed by atoms with E-state index in [-0.39, 0.29) is 12.3 Å². The van der Waals surface area contributed by atoms with Gasteiger partial charge in [-0.2, -0.15) is 0 Å². The van der Waals surface area contributed by atoms with Crippen LogP contribution in [0.2, 0.25) is 0 Å². The van der Waals surface area contributed by atoms with Gasteiger partial charge < -0.3 is 14.9 Å². The van der Waals surface area contributed by atoms with Crippen LogP contribution >= 0.6 is 19.4 Å². The Hall–Kier alpha value is 0.360. The molecule has 7 heteroatoms. The fraction of sp³-hybridized carbons (Fsp3) is 1.00. The van der Waals surface area contributed by atoms with Crippen molar-refractivity contribution in [2.45, 2.75) is 12.5 Å². The highest BCUT2D eigenvalue weighted by atomic mass is 35.5. The fourth-order valence-corrected chi connectivity index (χ4v) is 1.30. The summed E-state index contributed by atoms with van der Waals surface area (Å²) in [5, 5.41) is 8.49. The number of phosphoric ester groups is 1. The van der Waals surface area contributed by atoms with E-state index in [0.717, 1.165) is 0 Å². The number of aliphatic hydroxyl groups is 1. The summed E-state index contributed by atoms with van der Waals surface area (Å²) < 4.78 is 14.4. The maximum Gasteiger partial charge on any atom is 0.469 e. The molecule has 0 fully saturated rings. The first-order valence-corrected chi connectivity index (χ1v) is 4.97. The second kappa shape index (κ2) is 5.09. The van der Waals surface area contributed by atoms with Crippen LogP contribution in [0.5, 0.6) is 0 Å². The number of aliphatic hydroxyl groups excluding tert-OH is 1.